The van der Waals surface area contributed by atoms with E-state index in [1.165, 1.54) is 6.07 Å². The van der Waals surface area contributed by atoms with Crippen LogP contribution in [0.3, 0.4) is 0 Å². The van der Waals surface area contributed by atoms with Crippen LogP contribution in [0.4, 0.5) is 18.9 Å². The summed E-state index contributed by atoms with van der Waals surface area (Å²) in [6.45, 7) is 0. The quantitative estimate of drug-likeness (QED) is 0.406. The fraction of sp³-hybridized carbons (Fsp3) is 0.0455. The molecule has 134 valence electrons. The van der Waals surface area contributed by atoms with E-state index in [0.29, 0.717) is 22.4 Å². The number of rotatable bonds is 2. The molecule has 0 aliphatic heterocycles. The molecule has 0 N–H and O–H groups in total. The van der Waals surface area contributed by atoms with Crippen LogP contribution in [0, 0.1) is 0 Å². The van der Waals surface area contributed by atoms with Gasteiger partial charge in [0.05, 0.1) is 11.3 Å². The third kappa shape index (κ3) is 3.62. The second kappa shape index (κ2) is 6.76. The predicted molar refractivity (Wildman–Crippen MR) is 98.3 cm³/mol. The van der Waals surface area contributed by atoms with Crippen molar-refractivity contribution in [2.45, 2.75) is 6.18 Å². The van der Waals surface area contributed by atoms with Crippen molar-refractivity contribution in [3.8, 4) is 11.1 Å². The van der Waals surface area contributed by atoms with Gasteiger partial charge in [0.1, 0.15) is 5.58 Å². The summed E-state index contributed by atoms with van der Waals surface area (Å²) >= 11 is 0. The first-order valence-electron chi connectivity index (χ1n) is 8.31. The molecule has 0 aliphatic carbocycles. The molecule has 0 amide bonds. The SMILES string of the molecule is FC(F)(F)c1cccc(-c2cc3ccccc3oc2=Nc2ccccc2)c1. The highest BCUT2D eigenvalue weighted by Gasteiger charge is 2.30. The van der Waals surface area contributed by atoms with Crippen molar-refractivity contribution in [1.82, 2.24) is 0 Å². The van der Waals surface area contributed by atoms with Gasteiger partial charge < -0.3 is 4.42 Å². The number of nitrogens with zero attached hydrogens (tertiary/aromatic N) is 1. The van der Waals surface area contributed by atoms with Gasteiger partial charge in [-0.3, -0.25) is 0 Å². The van der Waals surface area contributed by atoms with E-state index in [0.717, 1.165) is 17.5 Å². The van der Waals surface area contributed by atoms with E-state index in [-0.39, 0.29) is 5.55 Å². The molecular weight excluding hydrogens is 351 g/mol. The fourth-order valence-electron chi connectivity index (χ4n) is 2.84. The highest BCUT2D eigenvalue weighted by Crippen LogP contribution is 2.32. The first-order chi connectivity index (χ1) is 13.0. The first kappa shape index (κ1) is 17.1. The molecule has 3 aromatic carbocycles. The summed E-state index contributed by atoms with van der Waals surface area (Å²) in [4.78, 5) is 4.51. The molecule has 2 nitrogen and oxygen atoms in total. The number of fused-ring (bicyclic) bond motifs is 1. The van der Waals surface area contributed by atoms with Gasteiger partial charge in [-0.05, 0) is 42.0 Å². The van der Waals surface area contributed by atoms with Crippen LogP contribution in [0.1, 0.15) is 5.56 Å². The Kier molecular flexibility index (Phi) is 4.28. The highest BCUT2D eigenvalue weighted by atomic mass is 19.4. The van der Waals surface area contributed by atoms with E-state index in [9.17, 15) is 13.2 Å². The smallest absolute Gasteiger partial charge is 0.416 e. The van der Waals surface area contributed by atoms with Crippen LogP contribution >= 0.6 is 0 Å². The van der Waals surface area contributed by atoms with Crippen LogP contribution in [0.25, 0.3) is 22.1 Å². The summed E-state index contributed by atoms with van der Waals surface area (Å²) in [5, 5.41) is 0.789. The van der Waals surface area contributed by atoms with E-state index < -0.39 is 11.7 Å². The van der Waals surface area contributed by atoms with E-state index in [1.54, 1.807) is 30.3 Å². The first-order valence-corrected chi connectivity index (χ1v) is 8.31. The molecule has 0 saturated heterocycles. The maximum atomic E-state index is 13.1. The Labute approximate surface area is 153 Å². The summed E-state index contributed by atoms with van der Waals surface area (Å²) in [7, 11) is 0. The zero-order valence-electron chi connectivity index (χ0n) is 14.1. The summed E-state index contributed by atoms with van der Waals surface area (Å²) < 4.78 is 45.3. The van der Waals surface area contributed by atoms with Crippen LogP contribution in [0.15, 0.2) is 94.3 Å². The van der Waals surface area contributed by atoms with Gasteiger partial charge in [0.2, 0.25) is 5.55 Å². The Morgan fingerprint density at radius 3 is 2.26 bits per heavy atom. The number of halogens is 3. The molecule has 4 aromatic rings. The topological polar surface area (TPSA) is 25.5 Å². The van der Waals surface area contributed by atoms with Crippen LogP contribution in [-0.2, 0) is 6.18 Å². The molecule has 0 fully saturated rings. The zero-order chi connectivity index (χ0) is 18.9. The summed E-state index contributed by atoms with van der Waals surface area (Å²) in [6.07, 6.45) is -4.42. The van der Waals surface area contributed by atoms with Crippen LogP contribution in [0.2, 0.25) is 0 Å². The molecular formula is C22H14F3NO. The molecule has 27 heavy (non-hydrogen) atoms. The summed E-state index contributed by atoms with van der Waals surface area (Å²) in [6, 6.07) is 23.5. The third-order valence-electron chi connectivity index (χ3n) is 4.14. The van der Waals surface area contributed by atoms with Gasteiger partial charge in [0.15, 0.2) is 0 Å². The van der Waals surface area contributed by atoms with Crippen molar-refractivity contribution >= 4 is 16.7 Å². The van der Waals surface area contributed by atoms with Gasteiger partial charge in [-0.25, -0.2) is 4.99 Å². The lowest BCUT2D eigenvalue weighted by atomic mass is 10.0. The van der Waals surface area contributed by atoms with Gasteiger partial charge in [0.25, 0.3) is 0 Å². The number of hydrogen-bond acceptors (Lipinski definition) is 2. The Morgan fingerprint density at radius 2 is 1.48 bits per heavy atom. The lowest BCUT2D eigenvalue weighted by Crippen LogP contribution is -2.08. The number of para-hydroxylation sites is 2. The summed E-state index contributed by atoms with van der Waals surface area (Å²) in [5.41, 5.74) is 1.73. The normalized spacial score (nSPS) is 12.5. The van der Waals surface area contributed by atoms with E-state index in [4.69, 9.17) is 4.42 Å². The monoisotopic (exact) mass is 365 g/mol. The molecule has 0 spiro atoms. The minimum atomic E-state index is -4.42. The van der Waals surface area contributed by atoms with Crippen molar-refractivity contribution in [3.05, 3.63) is 96.0 Å². The number of benzene rings is 3. The van der Waals surface area contributed by atoms with Gasteiger partial charge in [-0.2, -0.15) is 13.2 Å². The molecule has 0 aliphatic rings. The van der Waals surface area contributed by atoms with Gasteiger partial charge >= 0.3 is 6.18 Å². The summed E-state index contributed by atoms with van der Waals surface area (Å²) in [5.74, 6) is 0. The molecule has 0 saturated carbocycles. The standard InChI is InChI=1S/C22H14F3NO/c23-22(24,25)17-9-6-8-15(13-17)19-14-16-7-4-5-12-20(16)27-21(19)26-18-10-2-1-3-11-18/h1-14H. The van der Waals surface area contributed by atoms with Crippen molar-refractivity contribution in [2.24, 2.45) is 4.99 Å². The minimum Gasteiger partial charge on any atom is -0.438 e. The van der Waals surface area contributed by atoms with Gasteiger partial charge in [-0.1, -0.05) is 48.5 Å². The van der Waals surface area contributed by atoms with Gasteiger partial charge in [0, 0.05) is 10.9 Å². The molecule has 4 rings (SSSR count). The fourth-order valence-corrected chi connectivity index (χ4v) is 2.84. The predicted octanol–water partition coefficient (Wildman–Crippen LogP) is 6.35. The highest BCUT2D eigenvalue weighted by molar-refractivity contribution is 5.81. The zero-order valence-corrected chi connectivity index (χ0v) is 14.1. The maximum Gasteiger partial charge on any atom is 0.416 e. The molecule has 0 bridgehead atoms. The van der Waals surface area contributed by atoms with E-state index in [1.807, 2.05) is 36.4 Å². The molecule has 0 atom stereocenters. The molecule has 0 unspecified atom stereocenters. The van der Waals surface area contributed by atoms with E-state index in [2.05, 4.69) is 4.99 Å². The van der Waals surface area contributed by atoms with Crippen molar-refractivity contribution in [1.29, 1.82) is 0 Å². The van der Waals surface area contributed by atoms with Crippen molar-refractivity contribution in [3.63, 3.8) is 0 Å². The largest absolute Gasteiger partial charge is 0.438 e. The lowest BCUT2D eigenvalue weighted by molar-refractivity contribution is -0.137. The average Bonchev–Trinajstić information content (AvgIpc) is 2.68. The van der Waals surface area contributed by atoms with Crippen LogP contribution in [-0.4, -0.2) is 0 Å². The van der Waals surface area contributed by atoms with E-state index >= 15 is 0 Å². The molecule has 5 heteroatoms. The number of alkyl halides is 3. The Morgan fingerprint density at radius 1 is 0.741 bits per heavy atom. The van der Waals surface area contributed by atoms with Gasteiger partial charge in [-0.15, -0.1) is 0 Å². The van der Waals surface area contributed by atoms with Crippen LogP contribution < -0.4 is 5.55 Å². The molecule has 1 aromatic heterocycles. The minimum absolute atomic E-state index is 0.263. The Hall–Kier alpha value is -3.34. The van der Waals surface area contributed by atoms with Crippen molar-refractivity contribution in [2.75, 3.05) is 0 Å². The average molecular weight is 365 g/mol. The lowest BCUT2D eigenvalue weighted by Gasteiger charge is -2.10. The van der Waals surface area contributed by atoms with Crippen molar-refractivity contribution < 1.29 is 17.6 Å². The molecule has 1 heterocycles. The van der Waals surface area contributed by atoms with Crippen LogP contribution in [0.5, 0.6) is 0 Å². The second-order valence-electron chi connectivity index (χ2n) is 6.03. The molecule has 0 radical (unpaired) electrons. The number of hydrogen-bond donors (Lipinski definition) is 0. The second-order valence-corrected chi connectivity index (χ2v) is 6.03. The Bertz CT molecular complexity index is 1160. The maximum absolute atomic E-state index is 13.1. The third-order valence-corrected chi connectivity index (χ3v) is 4.14. The Balaban J connectivity index is 1.99.